The lowest BCUT2D eigenvalue weighted by Gasteiger charge is -2.24. The Kier molecular flexibility index (Phi) is 12.2. The van der Waals surface area contributed by atoms with E-state index in [-0.39, 0.29) is 17.5 Å². The summed E-state index contributed by atoms with van der Waals surface area (Å²) in [5.41, 5.74) is 5.35. The third kappa shape index (κ3) is 8.90. The molecule has 4 rings (SSSR count). The summed E-state index contributed by atoms with van der Waals surface area (Å²) in [5.74, 6) is 1.76. The van der Waals surface area contributed by atoms with Crippen LogP contribution in [0.1, 0.15) is 108 Å². The van der Waals surface area contributed by atoms with Gasteiger partial charge in [-0.25, -0.2) is 0 Å². The van der Waals surface area contributed by atoms with Crippen molar-refractivity contribution < 1.29 is 23.5 Å². The number of carbonyl (C=O) groups excluding carboxylic acids is 2. The number of unbranched alkanes of at least 4 members (excludes halogenated alkanes) is 2. The molecule has 0 aliphatic rings. The molecule has 6 heteroatoms. The van der Waals surface area contributed by atoms with Gasteiger partial charge in [-0.1, -0.05) is 82.5 Å². The van der Waals surface area contributed by atoms with E-state index in [0.29, 0.717) is 35.1 Å². The number of ether oxygens (including phenoxy) is 2. The summed E-state index contributed by atoms with van der Waals surface area (Å²) < 4.78 is 16.2. The van der Waals surface area contributed by atoms with Crippen LogP contribution in [0.5, 0.6) is 11.5 Å². The van der Waals surface area contributed by atoms with E-state index in [4.69, 9.17) is 13.9 Å². The fraction of sp³-hybridized carbons (Fsp3) is 0.400. The number of carbonyl (C=O) groups is 2. The van der Waals surface area contributed by atoms with Crippen molar-refractivity contribution in [1.82, 2.24) is 0 Å². The number of methoxy groups -OCH3 is 2. The number of hydrogen-bond acceptors (Lipinski definition) is 5. The van der Waals surface area contributed by atoms with Gasteiger partial charge < -0.3 is 19.2 Å². The highest BCUT2D eigenvalue weighted by atomic mass is 16.5. The molecule has 4 aromatic rings. The molecule has 0 spiro atoms. The first-order valence-electron chi connectivity index (χ1n) is 16.5. The van der Waals surface area contributed by atoms with E-state index in [1.54, 1.807) is 26.4 Å². The fourth-order valence-electron chi connectivity index (χ4n) is 6.35. The molecule has 46 heavy (non-hydrogen) atoms. The number of hydrogen-bond donors (Lipinski definition) is 1. The average Bonchev–Trinajstić information content (AvgIpc) is 3.60. The molecule has 1 aromatic heterocycles. The van der Waals surface area contributed by atoms with E-state index in [1.807, 2.05) is 50.2 Å². The van der Waals surface area contributed by atoms with Crippen LogP contribution in [-0.4, -0.2) is 25.9 Å². The maximum atomic E-state index is 13.9. The van der Waals surface area contributed by atoms with Gasteiger partial charge in [0.2, 0.25) is 0 Å². The van der Waals surface area contributed by atoms with Gasteiger partial charge in [0, 0.05) is 16.7 Å². The second-order valence-electron chi connectivity index (χ2n) is 12.8. The summed E-state index contributed by atoms with van der Waals surface area (Å²) in [4.78, 5) is 26.9. The number of rotatable bonds is 17. The Morgan fingerprint density at radius 2 is 1.65 bits per heavy atom. The minimum atomic E-state index is -0.699. The van der Waals surface area contributed by atoms with Gasteiger partial charge in [0.25, 0.3) is 5.91 Å². The molecule has 0 fully saturated rings. The molecule has 1 N–H and O–H groups in total. The minimum Gasteiger partial charge on any atom is -0.493 e. The van der Waals surface area contributed by atoms with Crippen molar-refractivity contribution in [3.63, 3.8) is 0 Å². The van der Waals surface area contributed by atoms with Crippen LogP contribution in [-0.2, 0) is 12.8 Å². The van der Waals surface area contributed by atoms with Crippen molar-refractivity contribution >= 4 is 17.4 Å². The first-order valence-corrected chi connectivity index (χ1v) is 16.5. The Morgan fingerprint density at radius 1 is 0.870 bits per heavy atom. The average molecular weight is 624 g/mol. The van der Waals surface area contributed by atoms with E-state index in [1.165, 1.54) is 36.7 Å². The third-order valence-corrected chi connectivity index (χ3v) is 8.84. The zero-order valence-corrected chi connectivity index (χ0v) is 28.3. The lowest BCUT2D eigenvalue weighted by atomic mass is 9.78. The Hall–Kier alpha value is -4.32. The predicted molar refractivity (Wildman–Crippen MR) is 185 cm³/mol. The number of nitrogens with one attached hydrogen (secondary N) is 1. The topological polar surface area (TPSA) is 77.8 Å². The molecule has 0 radical (unpaired) electrons. The Labute approximate surface area is 274 Å². The number of furan rings is 1. The third-order valence-electron chi connectivity index (χ3n) is 8.84. The normalized spacial score (nSPS) is 12.0. The van der Waals surface area contributed by atoms with Crippen LogP contribution in [0, 0.1) is 12.3 Å². The van der Waals surface area contributed by atoms with Crippen LogP contribution in [0.15, 0.2) is 83.5 Å². The van der Waals surface area contributed by atoms with Gasteiger partial charge in [0.1, 0.15) is 0 Å². The highest BCUT2D eigenvalue weighted by molar-refractivity contribution is 6.05. The molecular weight excluding hydrogens is 574 g/mol. The zero-order chi connectivity index (χ0) is 33.1. The predicted octanol–water partition coefficient (Wildman–Crippen LogP) is 10.00. The van der Waals surface area contributed by atoms with Gasteiger partial charge in [-0.3, -0.25) is 9.59 Å². The van der Waals surface area contributed by atoms with Gasteiger partial charge in [-0.15, -0.1) is 0 Å². The monoisotopic (exact) mass is 623 g/mol. The van der Waals surface area contributed by atoms with Gasteiger partial charge in [0.05, 0.1) is 20.5 Å². The first kappa shape index (κ1) is 34.6. The van der Waals surface area contributed by atoms with Crippen LogP contribution in [0.4, 0.5) is 5.69 Å². The number of Topliss-reactive ketones (excluding diaryl/α,β-unsaturated/α-hetero) is 1. The van der Waals surface area contributed by atoms with Crippen LogP contribution >= 0.6 is 0 Å². The lowest BCUT2D eigenvalue weighted by molar-refractivity contribution is 0.0837. The quantitative estimate of drug-likeness (QED) is 0.0935. The maximum Gasteiger partial charge on any atom is 0.291 e. The highest BCUT2D eigenvalue weighted by Crippen LogP contribution is 2.34. The molecule has 0 aliphatic heterocycles. The van der Waals surface area contributed by atoms with Gasteiger partial charge in [0.15, 0.2) is 23.0 Å². The van der Waals surface area contributed by atoms with Crippen molar-refractivity contribution in [3.05, 3.63) is 113 Å². The maximum absolute atomic E-state index is 13.9. The number of amides is 1. The molecule has 0 saturated heterocycles. The minimum absolute atomic E-state index is 0.000467. The molecule has 1 atom stereocenters. The molecular formula is C40H49NO5. The summed E-state index contributed by atoms with van der Waals surface area (Å²) in [6.45, 7) is 8.37. The Morgan fingerprint density at radius 3 is 2.35 bits per heavy atom. The molecule has 0 bridgehead atoms. The smallest absolute Gasteiger partial charge is 0.291 e. The van der Waals surface area contributed by atoms with Crippen LogP contribution in [0.3, 0.4) is 0 Å². The second-order valence-corrected chi connectivity index (χ2v) is 12.8. The van der Waals surface area contributed by atoms with Crippen LogP contribution in [0.25, 0.3) is 0 Å². The van der Waals surface area contributed by atoms with E-state index >= 15 is 0 Å². The fourth-order valence-corrected chi connectivity index (χ4v) is 6.35. The molecule has 1 unspecified atom stereocenters. The zero-order valence-electron chi connectivity index (χ0n) is 28.3. The van der Waals surface area contributed by atoms with Crippen LogP contribution < -0.4 is 14.8 Å². The summed E-state index contributed by atoms with van der Waals surface area (Å²) in [5, 5.41) is 3.03. The summed E-state index contributed by atoms with van der Waals surface area (Å²) in [7, 11) is 3.21. The standard InChI is InChI=1S/C40H49NO5/c1-7-14-30(33-18-12-11-15-28(33)2)16-9-8-10-17-31-21-22-32(26-34(31)41-39(43)36-19-13-24-46-36)38(42)40(3,4)27-29-20-23-35(44-5)37(25-29)45-6/h11-13,15,18-26,30H,7-10,14,16-17,27H2,1-6H3,(H,41,43). The van der Waals surface area contributed by atoms with Crippen molar-refractivity contribution in [2.75, 3.05) is 19.5 Å². The van der Waals surface area contributed by atoms with Gasteiger partial charge in [-0.2, -0.15) is 0 Å². The largest absolute Gasteiger partial charge is 0.493 e. The van der Waals surface area contributed by atoms with Crippen molar-refractivity contribution in [3.8, 4) is 11.5 Å². The number of anilines is 1. The van der Waals surface area contributed by atoms with E-state index in [2.05, 4.69) is 43.4 Å². The van der Waals surface area contributed by atoms with Crippen LogP contribution in [0.2, 0.25) is 0 Å². The number of ketones is 1. The summed E-state index contributed by atoms with van der Waals surface area (Å²) in [6, 6.07) is 23.5. The molecule has 0 saturated carbocycles. The summed E-state index contributed by atoms with van der Waals surface area (Å²) >= 11 is 0. The van der Waals surface area contributed by atoms with E-state index < -0.39 is 5.41 Å². The van der Waals surface area contributed by atoms with Crippen molar-refractivity contribution in [1.29, 1.82) is 0 Å². The molecule has 1 amide bonds. The first-order chi connectivity index (χ1) is 22.2. The summed E-state index contributed by atoms with van der Waals surface area (Å²) in [6.07, 6.45) is 9.58. The number of aryl methyl sites for hydroxylation is 2. The van der Waals surface area contributed by atoms with E-state index in [0.717, 1.165) is 36.8 Å². The number of benzene rings is 3. The molecule has 0 aliphatic carbocycles. The Bertz CT molecular complexity index is 1590. The van der Waals surface area contributed by atoms with Gasteiger partial charge >= 0.3 is 0 Å². The molecule has 244 valence electrons. The molecule has 1 heterocycles. The highest BCUT2D eigenvalue weighted by Gasteiger charge is 2.30. The Balaban J connectivity index is 1.47. The SMILES string of the molecule is CCCC(CCCCCc1ccc(C(=O)C(C)(C)Cc2ccc(OC)c(OC)c2)cc1NC(=O)c1ccco1)c1ccccc1C. The molecule has 3 aromatic carbocycles. The molecule has 6 nitrogen and oxygen atoms in total. The second kappa shape index (κ2) is 16.3. The lowest BCUT2D eigenvalue weighted by Crippen LogP contribution is -2.27. The van der Waals surface area contributed by atoms with Crippen molar-refractivity contribution in [2.24, 2.45) is 5.41 Å². The van der Waals surface area contributed by atoms with Gasteiger partial charge in [-0.05, 0) is 97.5 Å². The van der Waals surface area contributed by atoms with E-state index in [9.17, 15) is 9.59 Å². The van der Waals surface area contributed by atoms with Crippen molar-refractivity contribution in [2.45, 2.75) is 85.0 Å².